The van der Waals surface area contributed by atoms with Crippen molar-refractivity contribution in [1.82, 2.24) is 9.55 Å². The zero-order valence-electron chi connectivity index (χ0n) is 15.3. The molecule has 0 spiro atoms. The number of thiazole rings is 1. The number of rotatable bonds is 5. The molecule has 1 fully saturated rings. The summed E-state index contributed by atoms with van der Waals surface area (Å²) in [6, 6.07) is 3.76. The quantitative estimate of drug-likeness (QED) is 0.866. The van der Waals surface area contributed by atoms with Gasteiger partial charge in [-0.05, 0) is 32.9 Å². The molecule has 0 aliphatic carbocycles. The fourth-order valence-electron chi connectivity index (χ4n) is 3.12. The van der Waals surface area contributed by atoms with Crippen LogP contribution in [0.2, 0.25) is 0 Å². The van der Waals surface area contributed by atoms with Crippen LogP contribution in [0.4, 0.5) is 11.5 Å². The number of anilines is 2. The molecular weight excluding hydrogens is 352 g/mol. The molecule has 2 atom stereocenters. The number of pyridine rings is 1. The highest BCUT2D eigenvalue weighted by atomic mass is 32.1. The Labute approximate surface area is 156 Å². The number of aromatic nitrogens is 2. The smallest absolute Gasteiger partial charge is 0.307 e. The molecule has 3 rings (SSSR count). The molecule has 0 bridgehead atoms. The summed E-state index contributed by atoms with van der Waals surface area (Å²) in [6.45, 7) is 7.96. The van der Waals surface area contributed by atoms with Crippen LogP contribution in [0.1, 0.15) is 26.0 Å². The average Bonchev–Trinajstić information content (AvgIpc) is 2.91. The Kier molecular flexibility index (Phi) is 5.73. The van der Waals surface area contributed by atoms with Crippen molar-refractivity contribution in [2.24, 2.45) is 0 Å². The van der Waals surface area contributed by atoms with E-state index in [0.717, 1.165) is 35.9 Å². The number of ether oxygens (including phenoxy) is 1. The van der Waals surface area contributed by atoms with Crippen molar-refractivity contribution >= 4 is 28.7 Å². The molecular formula is C18H24N4O3S. The van der Waals surface area contributed by atoms with Crippen molar-refractivity contribution in [2.45, 2.75) is 45.9 Å². The summed E-state index contributed by atoms with van der Waals surface area (Å²) >= 11 is 1.15. The van der Waals surface area contributed by atoms with E-state index in [0.29, 0.717) is 12.2 Å². The molecule has 1 amide bonds. The molecule has 8 heteroatoms. The highest BCUT2D eigenvalue weighted by Crippen LogP contribution is 2.19. The van der Waals surface area contributed by atoms with Crippen molar-refractivity contribution < 1.29 is 9.53 Å². The van der Waals surface area contributed by atoms with Crippen LogP contribution in [0.25, 0.3) is 0 Å². The van der Waals surface area contributed by atoms with E-state index in [2.05, 4.69) is 29.0 Å². The SMILES string of the molecule is Cc1csc(=O)n1CCC(=O)Nc1ccc(N2CC(C)OC(C)C2)nc1. The molecule has 140 valence electrons. The zero-order valence-corrected chi connectivity index (χ0v) is 16.1. The summed E-state index contributed by atoms with van der Waals surface area (Å²) in [5.41, 5.74) is 1.54. The first-order chi connectivity index (χ1) is 12.4. The maximum absolute atomic E-state index is 12.1. The number of nitrogens with one attached hydrogen (secondary N) is 1. The van der Waals surface area contributed by atoms with Gasteiger partial charge in [0.15, 0.2) is 0 Å². The zero-order chi connectivity index (χ0) is 18.7. The maximum atomic E-state index is 12.1. The van der Waals surface area contributed by atoms with E-state index in [4.69, 9.17) is 4.74 Å². The van der Waals surface area contributed by atoms with Crippen LogP contribution in [0.5, 0.6) is 0 Å². The van der Waals surface area contributed by atoms with E-state index in [1.165, 1.54) is 0 Å². The summed E-state index contributed by atoms with van der Waals surface area (Å²) in [6.07, 6.45) is 2.25. The number of carbonyl (C=O) groups excluding carboxylic acids is 1. The van der Waals surface area contributed by atoms with Crippen molar-refractivity contribution in [3.05, 3.63) is 39.1 Å². The number of carbonyl (C=O) groups is 1. The first-order valence-electron chi connectivity index (χ1n) is 8.73. The van der Waals surface area contributed by atoms with Crippen LogP contribution in [0, 0.1) is 6.92 Å². The largest absolute Gasteiger partial charge is 0.372 e. The van der Waals surface area contributed by atoms with Gasteiger partial charge in [-0.15, -0.1) is 0 Å². The number of amides is 1. The molecule has 1 saturated heterocycles. The lowest BCUT2D eigenvalue weighted by molar-refractivity contribution is -0.116. The second-order valence-electron chi connectivity index (χ2n) is 6.66. The third-order valence-corrected chi connectivity index (χ3v) is 5.20. The number of nitrogens with zero attached hydrogens (tertiary/aromatic N) is 3. The van der Waals surface area contributed by atoms with Crippen LogP contribution in [-0.2, 0) is 16.1 Å². The Morgan fingerprint density at radius 2 is 2.08 bits per heavy atom. The second kappa shape index (κ2) is 8.01. The predicted molar refractivity (Wildman–Crippen MR) is 103 cm³/mol. The Morgan fingerprint density at radius 1 is 1.35 bits per heavy atom. The Bertz CT molecular complexity index is 805. The predicted octanol–water partition coefficient (Wildman–Crippen LogP) is 2.26. The van der Waals surface area contributed by atoms with Gasteiger partial charge in [-0.2, -0.15) is 0 Å². The number of aryl methyl sites for hydroxylation is 1. The van der Waals surface area contributed by atoms with E-state index in [1.807, 2.05) is 19.1 Å². The first-order valence-corrected chi connectivity index (χ1v) is 9.61. The first kappa shape index (κ1) is 18.6. The maximum Gasteiger partial charge on any atom is 0.307 e. The van der Waals surface area contributed by atoms with Gasteiger partial charge < -0.3 is 19.5 Å². The standard InChI is InChI=1S/C18H24N4O3S/c1-12-11-26-18(24)22(12)7-6-17(23)20-15-4-5-16(19-8-15)21-9-13(2)25-14(3)10-21/h4-5,8,11,13-14H,6-7,9-10H2,1-3H3,(H,20,23). The van der Waals surface area contributed by atoms with Gasteiger partial charge in [-0.3, -0.25) is 9.59 Å². The van der Waals surface area contributed by atoms with Crippen LogP contribution < -0.4 is 15.1 Å². The number of hydrogen-bond donors (Lipinski definition) is 1. The normalized spacial score (nSPS) is 20.2. The van der Waals surface area contributed by atoms with Crippen molar-refractivity contribution in [3.63, 3.8) is 0 Å². The second-order valence-corrected chi connectivity index (χ2v) is 7.48. The molecule has 7 nitrogen and oxygen atoms in total. The molecule has 0 radical (unpaired) electrons. The van der Waals surface area contributed by atoms with E-state index in [-0.39, 0.29) is 29.4 Å². The van der Waals surface area contributed by atoms with E-state index in [1.54, 1.807) is 16.1 Å². The lowest BCUT2D eigenvalue weighted by Gasteiger charge is -2.36. The fourth-order valence-corrected chi connectivity index (χ4v) is 3.88. The van der Waals surface area contributed by atoms with Gasteiger partial charge in [0.1, 0.15) is 5.82 Å². The van der Waals surface area contributed by atoms with Gasteiger partial charge in [0.05, 0.1) is 24.1 Å². The Balaban J connectivity index is 1.55. The third kappa shape index (κ3) is 4.50. The molecule has 1 N–H and O–H groups in total. The van der Waals surface area contributed by atoms with Crippen LogP contribution in [0.3, 0.4) is 0 Å². The molecule has 2 unspecified atom stereocenters. The molecule has 1 aliphatic heterocycles. The summed E-state index contributed by atoms with van der Waals surface area (Å²) in [4.78, 5) is 30.4. The number of morpholine rings is 1. The van der Waals surface area contributed by atoms with E-state index < -0.39 is 0 Å². The topological polar surface area (TPSA) is 76.5 Å². The Morgan fingerprint density at radius 3 is 2.65 bits per heavy atom. The minimum Gasteiger partial charge on any atom is -0.372 e. The lowest BCUT2D eigenvalue weighted by Crippen LogP contribution is -2.45. The molecule has 26 heavy (non-hydrogen) atoms. The van der Waals surface area contributed by atoms with Crippen LogP contribution in [0.15, 0.2) is 28.5 Å². The van der Waals surface area contributed by atoms with E-state index >= 15 is 0 Å². The molecule has 0 saturated carbocycles. The molecule has 3 heterocycles. The average molecular weight is 376 g/mol. The van der Waals surface area contributed by atoms with Gasteiger partial charge in [0, 0.05) is 37.1 Å². The highest BCUT2D eigenvalue weighted by molar-refractivity contribution is 7.07. The summed E-state index contributed by atoms with van der Waals surface area (Å²) in [5.74, 6) is 0.746. The molecule has 1 aliphatic rings. The summed E-state index contributed by atoms with van der Waals surface area (Å²) in [5, 5.41) is 4.64. The molecule has 2 aromatic rings. The van der Waals surface area contributed by atoms with Gasteiger partial charge in [0.25, 0.3) is 0 Å². The summed E-state index contributed by atoms with van der Waals surface area (Å²) < 4.78 is 7.36. The number of hydrogen-bond acceptors (Lipinski definition) is 6. The monoisotopic (exact) mass is 376 g/mol. The third-order valence-electron chi connectivity index (χ3n) is 4.31. The van der Waals surface area contributed by atoms with Crippen molar-refractivity contribution in [2.75, 3.05) is 23.3 Å². The molecule has 0 aromatic carbocycles. The lowest BCUT2D eigenvalue weighted by atomic mass is 10.2. The summed E-state index contributed by atoms with van der Waals surface area (Å²) in [7, 11) is 0. The minimum atomic E-state index is -0.134. The van der Waals surface area contributed by atoms with Gasteiger partial charge >= 0.3 is 4.87 Å². The highest BCUT2D eigenvalue weighted by Gasteiger charge is 2.23. The van der Waals surface area contributed by atoms with Gasteiger partial charge in [0.2, 0.25) is 5.91 Å². The molecule has 2 aromatic heterocycles. The van der Waals surface area contributed by atoms with Crippen molar-refractivity contribution in [1.29, 1.82) is 0 Å². The van der Waals surface area contributed by atoms with E-state index in [9.17, 15) is 9.59 Å². The van der Waals surface area contributed by atoms with Crippen LogP contribution >= 0.6 is 11.3 Å². The van der Waals surface area contributed by atoms with Crippen LogP contribution in [-0.4, -0.2) is 40.8 Å². The Hall–Kier alpha value is -2.19. The van der Waals surface area contributed by atoms with Crippen molar-refractivity contribution in [3.8, 4) is 0 Å². The van der Waals surface area contributed by atoms with Gasteiger partial charge in [-0.1, -0.05) is 11.3 Å². The van der Waals surface area contributed by atoms with Gasteiger partial charge in [-0.25, -0.2) is 4.98 Å². The fraction of sp³-hybridized carbons (Fsp3) is 0.500. The minimum absolute atomic E-state index is 0.0321.